The van der Waals surface area contributed by atoms with Crippen LogP contribution in [0.25, 0.3) is 0 Å². The average molecular weight is 451 g/mol. The molecule has 4 rings (SSSR count). The molecule has 0 radical (unpaired) electrons. The van der Waals surface area contributed by atoms with Crippen LogP contribution in [0.4, 0.5) is 0 Å². The maximum absolute atomic E-state index is 13.1. The Morgan fingerprint density at radius 2 is 1.73 bits per heavy atom. The quantitative estimate of drug-likeness (QED) is 0.683. The largest absolute Gasteiger partial charge is 0.338 e. The van der Waals surface area contributed by atoms with Crippen molar-refractivity contribution in [3.8, 4) is 0 Å². The third-order valence-corrected chi connectivity index (χ3v) is 8.02. The lowest BCUT2D eigenvalue weighted by Gasteiger charge is -2.44. The Bertz CT molecular complexity index is 799. The molecule has 1 aromatic carbocycles. The van der Waals surface area contributed by atoms with Gasteiger partial charge in [0.1, 0.15) is 0 Å². The smallest absolute Gasteiger partial charge is 0.263 e. The summed E-state index contributed by atoms with van der Waals surface area (Å²) in [5, 5.41) is 1.93. The Morgan fingerprint density at radius 3 is 2.38 bits per heavy atom. The summed E-state index contributed by atoms with van der Waals surface area (Å²) in [7, 11) is 0. The molecule has 4 nitrogen and oxygen atoms in total. The number of carbonyl (C=O) groups is 2. The molecule has 2 saturated heterocycles. The third kappa shape index (κ3) is 3.32. The van der Waals surface area contributed by atoms with Crippen LogP contribution in [-0.2, 0) is 0 Å². The lowest BCUT2D eigenvalue weighted by molar-refractivity contribution is 0.0500. The fourth-order valence-electron chi connectivity index (χ4n) is 3.67. The Kier molecular flexibility index (Phi) is 5.12. The standard InChI is InChI=1S/C19H19BrN2O2S2/c20-15-5-3-14(4-6-15)17(23)22-11-13-26-19(22)7-9-21(10-8-19)18(24)16-2-1-12-25-16/h1-6,12H,7-11,13H2. The first kappa shape index (κ1) is 18.1. The van der Waals surface area contributed by atoms with Crippen molar-refractivity contribution in [2.24, 2.45) is 0 Å². The van der Waals surface area contributed by atoms with Crippen molar-refractivity contribution >= 4 is 50.8 Å². The zero-order valence-electron chi connectivity index (χ0n) is 14.2. The van der Waals surface area contributed by atoms with Crippen LogP contribution in [0.3, 0.4) is 0 Å². The molecule has 26 heavy (non-hydrogen) atoms. The zero-order chi connectivity index (χ0) is 18.1. The summed E-state index contributed by atoms with van der Waals surface area (Å²) in [6.45, 7) is 2.18. The van der Waals surface area contributed by atoms with Crippen LogP contribution in [0, 0.1) is 0 Å². The predicted octanol–water partition coefficient (Wildman–Crippen LogP) is 4.33. The van der Waals surface area contributed by atoms with Crippen LogP contribution in [0.15, 0.2) is 46.3 Å². The molecule has 2 aliphatic heterocycles. The summed E-state index contributed by atoms with van der Waals surface area (Å²) in [6.07, 6.45) is 1.66. The molecule has 136 valence electrons. The van der Waals surface area contributed by atoms with Gasteiger partial charge in [0, 0.05) is 35.4 Å². The van der Waals surface area contributed by atoms with Crippen molar-refractivity contribution in [2.45, 2.75) is 17.7 Å². The Balaban J connectivity index is 1.47. The van der Waals surface area contributed by atoms with Gasteiger partial charge in [0.2, 0.25) is 0 Å². The summed E-state index contributed by atoms with van der Waals surface area (Å²) in [4.78, 5) is 30.2. The van der Waals surface area contributed by atoms with E-state index in [4.69, 9.17) is 0 Å². The molecule has 1 aromatic heterocycles. The SMILES string of the molecule is O=C(c1cccs1)N1CCC2(CC1)SCCN2C(=O)c1ccc(Br)cc1. The summed E-state index contributed by atoms with van der Waals surface area (Å²) in [5.74, 6) is 1.17. The van der Waals surface area contributed by atoms with Gasteiger partial charge in [0.15, 0.2) is 0 Å². The monoisotopic (exact) mass is 450 g/mol. The van der Waals surface area contributed by atoms with E-state index in [-0.39, 0.29) is 16.7 Å². The number of rotatable bonds is 2. The highest BCUT2D eigenvalue weighted by molar-refractivity contribution is 9.10. The van der Waals surface area contributed by atoms with Crippen molar-refractivity contribution in [1.82, 2.24) is 9.80 Å². The molecular formula is C19H19BrN2O2S2. The number of piperidine rings is 1. The second-order valence-electron chi connectivity index (χ2n) is 6.53. The van der Waals surface area contributed by atoms with E-state index in [0.717, 1.165) is 40.1 Å². The fourth-order valence-corrected chi connectivity index (χ4v) is 6.08. The molecule has 1 spiro atoms. The number of nitrogens with zero attached hydrogens (tertiary/aromatic N) is 2. The molecule has 2 amide bonds. The summed E-state index contributed by atoms with van der Waals surface area (Å²) < 4.78 is 0.972. The van der Waals surface area contributed by atoms with E-state index in [1.165, 1.54) is 11.3 Å². The Labute approximate surface area is 169 Å². The van der Waals surface area contributed by atoms with E-state index in [0.29, 0.717) is 13.1 Å². The maximum Gasteiger partial charge on any atom is 0.263 e. The Morgan fingerprint density at radius 1 is 1.00 bits per heavy atom. The third-order valence-electron chi connectivity index (χ3n) is 5.08. The van der Waals surface area contributed by atoms with Gasteiger partial charge in [-0.05, 0) is 48.6 Å². The van der Waals surface area contributed by atoms with Crippen molar-refractivity contribution in [3.63, 3.8) is 0 Å². The highest BCUT2D eigenvalue weighted by atomic mass is 79.9. The molecule has 0 N–H and O–H groups in total. The number of hydrogen-bond acceptors (Lipinski definition) is 4. The van der Waals surface area contributed by atoms with Crippen molar-refractivity contribution in [1.29, 1.82) is 0 Å². The fraction of sp³-hybridized carbons (Fsp3) is 0.368. The van der Waals surface area contributed by atoms with Crippen LogP contribution in [-0.4, -0.2) is 51.9 Å². The van der Waals surface area contributed by atoms with E-state index in [1.54, 1.807) is 0 Å². The van der Waals surface area contributed by atoms with Gasteiger partial charge in [-0.1, -0.05) is 22.0 Å². The molecule has 3 heterocycles. The van der Waals surface area contributed by atoms with Gasteiger partial charge in [-0.15, -0.1) is 23.1 Å². The molecule has 7 heteroatoms. The molecule has 0 atom stereocenters. The van der Waals surface area contributed by atoms with Gasteiger partial charge in [-0.2, -0.15) is 0 Å². The van der Waals surface area contributed by atoms with Crippen LogP contribution in [0.2, 0.25) is 0 Å². The van der Waals surface area contributed by atoms with Gasteiger partial charge in [-0.3, -0.25) is 9.59 Å². The van der Waals surface area contributed by atoms with Crippen molar-refractivity contribution in [2.75, 3.05) is 25.4 Å². The Hall–Kier alpha value is -1.31. The second kappa shape index (κ2) is 7.37. The molecule has 2 aromatic rings. The maximum atomic E-state index is 13.1. The second-order valence-corrected chi connectivity index (χ2v) is 9.85. The lowest BCUT2D eigenvalue weighted by Crippen LogP contribution is -2.53. The minimum Gasteiger partial charge on any atom is -0.338 e. The summed E-state index contributed by atoms with van der Waals surface area (Å²) >= 11 is 6.78. The minimum atomic E-state index is -0.170. The molecule has 0 saturated carbocycles. The first-order chi connectivity index (χ1) is 12.6. The van der Waals surface area contributed by atoms with Crippen molar-refractivity contribution in [3.05, 3.63) is 56.7 Å². The number of thiophene rings is 1. The van der Waals surface area contributed by atoms with Gasteiger partial charge in [0.25, 0.3) is 11.8 Å². The van der Waals surface area contributed by atoms with E-state index < -0.39 is 0 Å². The first-order valence-electron chi connectivity index (χ1n) is 8.63. The highest BCUT2D eigenvalue weighted by Crippen LogP contribution is 2.44. The first-order valence-corrected chi connectivity index (χ1v) is 11.3. The van der Waals surface area contributed by atoms with Gasteiger partial charge < -0.3 is 9.80 Å². The molecule has 0 bridgehead atoms. The normalized spacial score (nSPS) is 19.1. The summed E-state index contributed by atoms with van der Waals surface area (Å²) in [5.41, 5.74) is 0.729. The van der Waals surface area contributed by atoms with Crippen LogP contribution in [0.1, 0.15) is 32.9 Å². The van der Waals surface area contributed by atoms with Crippen LogP contribution >= 0.6 is 39.0 Å². The number of likely N-dealkylation sites (tertiary alicyclic amines) is 1. The van der Waals surface area contributed by atoms with Gasteiger partial charge in [-0.25, -0.2) is 0 Å². The number of benzene rings is 1. The van der Waals surface area contributed by atoms with E-state index in [2.05, 4.69) is 15.9 Å². The lowest BCUT2D eigenvalue weighted by atomic mass is 10.0. The van der Waals surface area contributed by atoms with E-state index in [1.807, 2.05) is 63.3 Å². The molecule has 2 fully saturated rings. The predicted molar refractivity (Wildman–Crippen MR) is 110 cm³/mol. The van der Waals surface area contributed by atoms with Crippen LogP contribution < -0.4 is 0 Å². The number of hydrogen-bond donors (Lipinski definition) is 0. The van der Waals surface area contributed by atoms with E-state index >= 15 is 0 Å². The van der Waals surface area contributed by atoms with E-state index in [9.17, 15) is 9.59 Å². The molecule has 0 aliphatic carbocycles. The van der Waals surface area contributed by atoms with Crippen molar-refractivity contribution < 1.29 is 9.59 Å². The van der Waals surface area contributed by atoms with Gasteiger partial charge >= 0.3 is 0 Å². The minimum absolute atomic E-state index is 0.0977. The zero-order valence-corrected chi connectivity index (χ0v) is 17.4. The molecule has 0 unspecified atom stereocenters. The number of amides is 2. The number of thioether (sulfide) groups is 1. The van der Waals surface area contributed by atoms with Gasteiger partial charge in [0.05, 0.1) is 9.75 Å². The molecular weight excluding hydrogens is 432 g/mol. The number of halogens is 1. The topological polar surface area (TPSA) is 40.6 Å². The summed E-state index contributed by atoms with van der Waals surface area (Å²) in [6, 6.07) is 11.4. The molecule has 2 aliphatic rings. The number of carbonyl (C=O) groups excluding carboxylic acids is 2. The highest BCUT2D eigenvalue weighted by Gasteiger charge is 2.47. The van der Waals surface area contributed by atoms with Crippen LogP contribution in [0.5, 0.6) is 0 Å². The average Bonchev–Trinajstić information content (AvgIpc) is 3.32.